The second-order valence-electron chi connectivity index (χ2n) is 9.29. The molecule has 218 valence electrons. The Morgan fingerprint density at radius 2 is 1.60 bits per heavy atom. The Balaban J connectivity index is 1.23. The van der Waals surface area contributed by atoms with E-state index in [9.17, 15) is 13.2 Å². The first kappa shape index (κ1) is 29.6. The lowest BCUT2D eigenvalue weighted by atomic mass is 10.0. The highest BCUT2D eigenvalue weighted by atomic mass is 32.2. The van der Waals surface area contributed by atoms with E-state index in [1.54, 1.807) is 18.0 Å². The molecule has 1 fully saturated rings. The molecule has 1 heterocycles. The lowest BCUT2D eigenvalue weighted by molar-refractivity contribution is -0.274. The van der Waals surface area contributed by atoms with E-state index in [4.69, 9.17) is 5.73 Å². The molecule has 1 saturated heterocycles. The van der Waals surface area contributed by atoms with Crippen molar-refractivity contribution in [3.05, 3.63) is 114 Å². The highest BCUT2D eigenvalue weighted by Crippen LogP contribution is 2.34. The average Bonchev–Trinajstić information content (AvgIpc) is 3.02. The molecular formula is C32H27F3N6OS. The van der Waals surface area contributed by atoms with Crippen LogP contribution < -0.4 is 15.4 Å². The summed E-state index contributed by atoms with van der Waals surface area (Å²) >= 11 is 1.69. The number of aliphatic imine (C=N–C) groups is 2. The summed E-state index contributed by atoms with van der Waals surface area (Å²) in [6.07, 6.45) is -0.767. The number of hydrogen-bond donors (Lipinski definition) is 1. The summed E-state index contributed by atoms with van der Waals surface area (Å²) in [5.74, 6) is 0.885. The van der Waals surface area contributed by atoms with Crippen molar-refractivity contribution in [2.75, 3.05) is 17.2 Å². The Labute approximate surface area is 251 Å². The number of alkyl halides is 3. The van der Waals surface area contributed by atoms with E-state index < -0.39 is 6.36 Å². The molecule has 7 nitrogen and oxygen atoms in total. The van der Waals surface area contributed by atoms with Crippen LogP contribution in [0.3, 0.4) is 0 Å². The largest absolute Gasteiger partial charge is 0.573 e. The summed E-state index contributed by atoms with van der Waals surface area (Å²) in [6, 6.07) is 31.1. The molecule has 0 aliphatic carbocycles. The van der Waals surface area contributed by atoms with Crippen LogP contribution in [0.15, 0.2) is 123 Å². The molecule has 2 N–H and O–H groups in total. The lowest BCUT2D eigenvalue weighted by Gasteiger charge is -2.30. The molecule has 0 atom stereocenters. The van der Waals surface area contributed by atoms with Gasteiger partial charge in [0.05, 0.1) is 17.6 Å². The summed E-state index contributed by atoms with van der Waals surface area (Å²) in [5.41, 5.74) is 11.4. The van der Waals surface area contributed by atoms with Crippen molar-refractivity contribution in [2.24, 2.45) is 25.9 Å². The van der Waals surface area contributed by atoms with E-state index in [0.717, 1.165) is 46.3 Å². The minimum absolute atomic E-state index is 0.232. The van der Waals surface area contributed by atoms with Gasteiger partial charge in [-0.3, -0.25) is 0 Å². The van der Waals surface area contributed by atoms with Crippen molar-refractivity contribution >= 4 is 46.7 Å². The number of hydrogen-bond acceptors (Lipinski definition) is 5. The average molecular weight is 601 g/mol. The minimum Gasteiger partial charge on any atom is -0.406 e. The first-order valence-electron chi connectivity index (χ1n) is 13.3. The standard InChI is InChI=1S/C32H27F3N6OS/c33-32(34,35)42-27-17-15-26(16-18-27)37-22-38-30(36)25-13-11-23(12-14-25)21-39-40-31-41(19-6-20-43-31)29-10-5-4-9-28(29)24-7-2-1-3-8-24/h1-5,7-18,21-22H,6,19-20H2,(H2,36,37,38)/b39-21-,40-31+. The van der Waals surface area contributed by atoms with Crippen LogP contribution in [0.1, 0.15) is 17.5 Å². The second-order valence-corrected chi connectivity index (χ2v) is 10.3. The fourth-order valence-electron chi connectivity index (χ4n) is 4.29. The Hall–Kier alpha value is -4.90. The van der Waals surface area contributed by atoms with E-state index in [1.807, 2.05) is 54.6 Å². The summed E-state index contributed by atoms with van der Waals surface area (Å²) in [7, 11) is 0. The molecule has 1 aliphatic rings. The summed E-state index contributed by atoms with van der Waals surface area (Å²) in [6.45, 7) is 0.861. The maximum Gasteiger partial charge on any atom is 0.573 e. The number of amidine groups is 2. The Morgan fingerprint density at radius 3 is 2.35 bits per heavy atom. The molecule has 0 spiro atoms. The molecule has 0 saturated carbocycles. The number of para-hydroxylation sites is 1. The molecular weight excluding hydrogens is 573 g/mol. The van der Waals surface area contributed by atoms with Crippen LogP contribution in [0, 0.1) is 0 Å². The van der Waals surface area contributed by atoms with Crippen molar-refractivity contribution in [3.63, 3.8) is 0 Å². The molecule has 0 unspecified atom stereocenters. The molecule has 0 aromatic heterocycles. The first-order chi connectivity index (χ1) is 20.9. The van der Waals surface area contributed by atoms with Crippen molar-refractivity contribution in [3.8, 4) is 16.9 Å². The van der Waals surface area contributed by atoms with Crippen LogP contribution in [0.5, 0.6) is 5.75 Å². The van der Waals surface area contributed by atoms with Gasteiger partial charge < -0.3 is 15.4 Å². The van der Waals surface area contributed by atoms with Gasteiger partial charge in [-0.25, -0.2) is 9.98 Å². The molecule has 0 radical (unpaired) electrons. The Bertz CT molecular complexity index is 1640. The predicted octanol–water partition coefficient (Wildman–Crippen LogP) is 7.65. The van der Waals surface area contributed by atoms with Gasteiger partial charge in [0.2, 0.25) is 0 Å². The zero-order valence-electron chi connectivity index (χ0n) is 22.9. The van der Waals surface area contributed by atoms with Gasteiger partial charge in [-0.15, -0.1) is 18.3 Å². The van der Waals surface area contributed by atoms with E-state index in [2.05, 4.69) is 54.1 Å². The topological polar surface area (TPSA) is 87.9 Å². The van der Waals surface area contributed by atoms with Gasteiger partial charge in [0.1, 0.15) is 17.9 Å². The van der Waals surface area contributed by atoms with E-state index >= 15 is 0 Å². The van der Waals surface area contributed by atoms with Gasteiger partial charge in [0, 0.05) is 23.4 Å². The van der Waals surface area contributed by atoms with Gasteiger partial charge in [-0.2, -0.15) is 5.10 Å². The number of halogens is 3. The third kappa shape index (κ3) is 8.32. The SMILES string of the molecule is NC(=NC=Nc1ccc(OC(F)(F)F)cc1)c1ccc(/C=N\N=C2\SCCCN2c2ccccc2-c2ccccc2)cc1. The molecule has 0 bridgehead atoms. The molecule has 43 heavy (non-hydrogen) atoms. The maximum absolute atomic E-state index is 12.3. The van der Waals surface area contributed by atoms with Gasteiger partial charge in [0.25, 0.3) is 0 Å². The quantitative estimate of drug-likeness (QED) is 0.128. The number of nitrogens with two attached hydrogens (primary N) is 1. The van der Waals surface area contributed by atoms with Gasteiger partial charge in [-0.1, -0.05) is 84.6 Å². The highest BCUT2D eigenvalue weighted by Gasteiger charge is 2.31. The highest BCUT2D eigenvalue weighted by molar-refractivity contribution is 8.14. The smallest absolute Gasteiger partial charge is 0.406 e. The van der Waals surface area contributed by atoms with Crippen LogP contribution in [0.4, 0.5) is 24.5 Å². The zero-order chi connectivity index (χ0) is 30.1. The van der Waals surface area contributed by atoms with E-state index in [1.165, 1.54) is 30.6 Å². The number of thioether (sulfide) groups is 1. The molecule has 4 aromatic carbocycles. The first-order valence-corrected chi connectivity index (χ1v) is 14.3. The van der Waals surface area contributed by atoms with Gasteiger partial charge >= 0.3 is 6.36 Å². The van der Waals surface area contributed by atoms with Crippen LogP contribution >= 0.6 is 11.8 Å². The number of anilines is 1. The minimum atomic E-state index is -4.75. The number of nitrogens with zero attached hydrogens (tertiary/aromatic N) is 5. The molecule has 11 heteroatoms. The lowest BCUT2D eigenvalue weighted by Crippen LogP contribution is -2.34. The van der Waals surface area contributed by atoms with Crippen molar-refractivity contribution in [2.45, 2.75) is 12.8 Å². The normalized spacial score (nSPS) is 15.5. The predicted molar refractivity (Wildman–Crippen MR) is 170 cm³/mol. The number of rotatable bonds is 8. The maximum atomic E-state index is 12.3. The summed E-state index contributed by atoms with van der Waals surface area (Å²) in [5, 5.41) is 9.79. The van der Waals surface area contributed by atoms with Crippen LogP contribution in [-0.4, -0.2) is 42.2 Å². The van der Waals surface area contributed by atoms with Crippen LogP contribution in [-0.2, 0) is 0 Å². The molecule has 5 rings (SSSR count). The molecule has 1 aliphatic heterocycles. The fourth-order valence-corrected chi connectivity index (χ4v) is 5.19. The van der Waals surface area contributed by atoms with Crippen molar-refractivity contribution in [1.29, 1.82) is 0 Å². The number of benzene rings is 4. The second kappa shape index (κ2) is 13.8. The monoisotopic (exact) mass is 600 g/mol. The van der Waals surface area contributed by atoms with Crippen LogP contribution in [0.2, 0.25) is 0 Å². The van der Waals surface area contributed by atoms with E-state index in [0.29, 0.717) is 11.3 Å². The van der Waals surface area contributed by atoms with Gasteiger partial charge in [0.15, 0.2) is 5.17 Å². The number of ether oxygens (including phenoxy) is 1. The van der Waals surface area contributed by atoms with E-state index in [-0.39, 0.29) is 11.6 Å². The van der Waals surface area contributed by atoms with Crippen molar-refractivity contribution in [1.82, 2.24) is 0 Å². The van der Waals surface area contributed by atoms with Crippen molar-refractivity contribution < 1.29 is 17.9 Å². The molecule has 0 amide bonds. The molecule has 4 aromatic rings. The summed E-state index contributed by atoms with van der Waals surface area (Å²) in [4.78, 5) is 10.4. The summed E-state index contributed by atoms with van der Waals surface area (Å²) < 4.78 is 40.7. The third-order valence-corrected chi connectivity index (χ3v) is 7.35. The fraction of sp³-hybridized carbons (Fsp3) is 0.125. The zero-order valence-corrected chi connectivity index (χ0v) is 23.7. The third-order valence-electron chi connectivity index (χ3n) is 6.30. The Kier molecular flexibility index (Phi) is 9.52. The van der Waals surface area contributed by atoms with Gasteiger partial charge in [-0.05, 0) is 47.9 Å². The van der Waals surface area contributed by atoms with Crippen LogP contribution in [0.25, 0.3) is 11.1 Å². The Morgan fingerprint density at radius 1 is 0.884 bits per heavy atom.